The van der Waals surface area contributed by atoms with Crippen LogP contribution in [0.3, 0.4) is 0 Å². The summed E-state index contributed by atoms with van der Waals surface area (Å²) in [5.41, 5.74) is 1.34. The molecule has 27 heavy (non-hydrogen) atoms. The fraction of sp³-hybridized carbons (Fsp3) is 0.0909. The summed E-state index contributed by atoms with van der Waals surface area (Å²) in [6.45, 7) is 1.66. The molecule has 5 rings (SSSR count). The number of carbonyl (C=O) groups excluding carboxylic acids is 4. The highest BCUT2D eigenvalue weighted by Crippen LogP contribution is 2.43. The first-order valence-electron chi connectivity index (χ1n) is 8.53. The van der Waals surface area contributed by atoms with Crippen molar-refractivity contribution in [1.82, 2.24) is 0 Å². The van der Waals surface area contributed by atoms with Crippen molar-refractivity contribution in [1.29, 1.82) is 0 Å². The summed E-state index contributed by atoms with van der Waals surface area (Å²) in [5, 5.41) is 0. The molecule has 0 aromatic heterocycles. The Kier molecular flexibility index (Phi) is 3.01. The van der Waals surface area contributed by atoms with E-state index in [4.69, 9.17) is 4.74 Å². The second-order valence-corrected chi connectivity index (χ2v) is 6.72. The van der Waals surface area contributed by atoms with Crippen LogP contribution in [0.4, 0.5) is 0 Å². The second-order valence-electron chi connectivity index (χ2n) is 6.72. The zero-order chi connectivity index (χ0) is 18.9. The molecule has 2 aromatic rings. The number of hydrogen-bond donors (Lipinski definition) is 0. The fourth-order valence-electron chi connectivity index (χ4n) is 3.98. The SMILES string of the molecule is CC1C2=C(OC3=C1C(=O)c1ccccc1C3=O)C(=O)c1ccccc1C2=O. The van der Waals surface area contributed by atoms with E-state index in [0.29, 0.717) is 0 Å². The van der Waals surface area contributed by atoms with Gasteiger partial charge in [-0.05, 0) is 0 Å². The standard InChI is InChI=1S/C22H12O5/c1-10-15-17(23)11-6-2-4-8-13(11)19(25)21(15)27-22-16(10)18(24)12-7-3-5-9-14(12)20(22)26/h2-10H,1H3. The number of carbonyl (C=O) groups is 4. The molecule has 0 atom stereocenters. The van der Waals surface area contributed by atoms with Crippen molar-refractivity contribution in [2.24, 2.45) is 5.92 Å². The van der Waals surface area contributed by atoms with Crippen LogP contribution < -0.4 is 0 Å². The fourth-order valence-corrected chi connectivity index (χ4v) is 3.98. The zero-order valence-corrected chi connectivity index (χ0v) is 14.2. The van der Waals surface area contributed by atoms with Crippen LogP contribution in [0.15, 0.2) is 71.2 Å². The van der Waals surface area contributed by atoms with E-state index in [9.17, 15) is 19.2 Å². The molecule has 1 heterocycles. The van der Waals surface area contributed by atoms with Gasteiger partial charge in [-0.3, -0.25) is 19.2 Å². The zero-order valence-electron chi connectivity index (χ0n) is 14.2. The third-order valence-electron chi connectivity index (χ3n) is 5.29. The molecule has 0 spiro atoms. The van der Waals surface area contributed by atoms with E-state index in [0.717, 1.165) is 0 Å². The van der Waals surface area contributed by atoms with E-state index < -0.39 is 17.5 Å². The highest BCUT2D eigenvalue weighted by Gasteiger charge is 2.47. The summed E-state index contributed by atoms with van der Waals surface area (Å²) < 4.78 is 5.66. The van der Waals surface area contributed by atoms with Crippen LogP contribution in [0.25, 0.3) is 0 Å². The van der Waals surface area contributed by atoms with Crippen LogP contribution >= 0.6 is 0 Å². The number of hydrogen-bond acceptors (Lipinski definition) is 5. The Morgan fingerprint density at radius 1 is 0.593 bits per heavy atom. The minimum Gasteiger partial charge on any atom is -0.448 e. The predicted octanol–water partition coefficient (Wildman–Crippen LogP) is 3.32. The van der Waals surface area contributed by atoms with E-state index in [1.807, 2.05) is 0 Å². The van der Waals surface area contributed by atoms with Crippen molar-refractivity contribution in [3.05, 3.63) is 93.4 Å². The van der Waals surface area contributed by atoms with Gasteiger partial charge in [-0.1, -0.05) is 55.5 Å². The molecule has 1 aliphatic heterocycles. The van der Waals surface area contributed by atoms with Gasteiger partial charge < -0.3 is 4.74 Å². The number of Topliss-reactive ketones (excluding diaryl/α,β-unsaturated/α-hetero) is 4. The molecule has 0 saturated carbocycles. The number of ketones is 4. The van der Waals surface area contributed by atoms with Crippen LogP contribution in [0.2, 0.25) is 0 Å². The van der Waals surface area contributed by atoms with Gasteiger partial charge in [0.15, 0.2) is 23.1 Å². The van der Waals surface area contributed by atoms with Crippen molar-refractivity contribution in [3.63, 3.8) is 0 Å². The molecular formula is C22H12O5. The van der Waals surface area contributed by atoms with E-state index in [1.165, 1.54) is 0 Å². The monoisotopic (exact) mass is 356 g/mol. The number of fused-ring (bicyclic) bond motifs is 2. The third-order valence-corrected chi connectivity index (χ3v) is 5.29. The topological polar surface area (TPSA) is 77.5 Å². The Balaban J connectivity index is 1.70. The molecule has 0 bridgehead atoms. The first-order chi connectivity index (χ1) is 13.0. The van der Waals surface area contributed by atoms with Crippen LogP contribution in [-0.4, -0.2) is 23.1 Å². The summed E-state index contributed by atoms with van der Waals surface area (Å²) in [7, 11) is 0. The van der Waals surface area contributed by atoms with Gasteiger partial charge in [-0.2, -0.15) is 0 Å². The summed E-state index contributed by atoms with van der Waals surface area (Å²) in [4.78, 5) is 51.8. The van der Waals surface area contributed by atoms with Crippen molar-refractivity contribution in [2.75, 3.05) is 0 Å². The van der Waals surface area contributed by atoms with Gasteiger partial charge in [0, 0.05) is 28.2 Å². The molecule has 5 heteroatoms. The number of rotatable bonds is 0. The lowest BCUT2D eigenvalue weighted by atomic mass is 9.74. The predicted molar refractivity (Wildman–Crippen MR) is 94.5 cm³/mol. The van der Waals surface area contributed by atoms with Gasteiger partial charge in [-0.25, -0.2) is 0 Å². The molecule has 3 aliphatic rings. The van der Waals surface area contributed by atoms with E-state index in [-0.39, 0.29) is 56.5 Å². The lowest BCUT2D eigenvalue weighted by Crippen LogP contribution is -2.36. The van der Waals surface area contributed by atoms with E-state index >= 15 is 0 Å². The van der Waals surface area contributed by atoms with Gasteiger partial charge in [-0.15, -0.1) is 0 Å². The maximum atomic E-state index is 13.0. The second kappa shape index (κ2) is 5.20. The maximum Gasteiger partial charge on any atom is 0.229 e. The minimum atomic E-state index is -0.710. The minimum absolute atomic E-state index is 0.137. The van der Waals surface area contributed by atoms with Crippen molar-refractivity contribution in [2.45, 2.75) is 6.92 Å². The molecule has 0 radical (unpaired) electrons. The van der Waals surface area contributed by atoms with E-state index in [2.05, 4.69) is 0 Å². The molecule has 0 saturated heterocycles. The molecule has 5 nitrogen and oxygen atoms in total. The molecule has 130 valence electrons. The lowest BCUT2D eigenvalue weighted by Gasteiger charge is -2.33. The van der Waals surface area contributed by atoms with Crippen LogP contribution in [0, 0.1) is 5.92 Å². The number of allylic oxidation sites excluding steroid dienone is 4. The normalized spacial score (nSPS) is 18.7. The van der Waals surface area contributed by atoms with Crippen molar-refractivity contribution in [3.8, 4) is 0 Å². The molecule has 0 amide bonds. The Hall–Kier alpha value is -3.60. The largest absolute Gasteiger partial charge is 0.448 e. The Bertz CT molecular complexity index is 1090. The molecule has 2 aliphatic carbocycles. The van der Waals surface area contributed by atoms with Gasteiger partial charge in [0.25, 0.3) is 0 Å². The summed E-state index contributed by atoms with van der Waals surface area (Å²) >= 11 is 0. The smallest absolute Gasteiger partial charge is 0.229 e. The summed E-state index contributed by atoms with van der Waals surface area (Å²) in [6.07, 6.45) is 0. The first-order valence-corrected chi connectivity index (χ1v) is 8.53. The third kappa shape index (κ3) is 1.88. The Labute approximate surface area is 154 Å². The van der Waals surface area contributed by atoms with Crippen molar-refractivity contribution >= 4 is 23.1 Å². The summed E-state index contributed by atoms with van der Waals surface area (Å²) in [5.74, 6) is -2.60. The van der Waals surface area contributed by atoms with Gasteiger partial charge in [0.1, 0.15) is 0 Å². The Morgan fingerprint density at radius 3 is 1.30 bits per heavy atom. The Morgan fingerprint density at radius 2 is 0.926 bits per heavy atom. The van der Waals surface area contributed by atoms with Gasteiger partial charge >= 0.3 is 0 Å². The quantitative estimate of drug-likeness (QED) is 0.724. The number of benzene rings is 2. The van der Waals surface area contributed by atoms with Gasteiger partial charge in [0.2, 0.25) is 11.6 Å². The lowest BCUT2D eigenvalue weighted by molar-refractivity contribution is 0.0814. The highest BCUT2D eigenvalue weighted by molar-refractivity contribution is 6.31. The first kappa shape index (κ1) is 15.6. The van der Waals surface area contributed by atoms with Gasteiger partial charge in [0.05, 0.1) is 11.1 Å². The van der Waals surface area contributed by atoms with Crippen molar-refractivity contribution < 1.29 is 23.9 Å². The molecule has 0 unspecified atom stereocenters. The molecule has 0 fully saturated rings. The number of ether oxygens (including phenoxy) is 1. The average Bonchev–Trinajstić information content (AvgIpc) is 2.69. The average molecular weight is 356 g/mol. The summed E-state index contributed by atoms with van der Waals surface area (Å²) in [6, 6.07) is 13.0. The maximum absolute atomic E-state index is 13.0. The molecule has 0 N–H and O–H groups in total. The van der Waals surface area contributed by atoms with Crippen LogP contribution in [0.1, 0.15) is 48.4 Å². The highest BCUT2D eigenvalue weighted by atomic mass is 16.5. The molecular weight excluding hydrogens is 344 g/mol. The van der Waals surface area contributed by atoms with Crippen LogP contribution in [0.5, 0.6) is 0 Å². The van der Waals surface area contributed by atoms with E-state index in [1.54, 1.807) is 55.5 Å². The van der Waals surface area contributed by atoms with Crippen LogP contribution in [-0.2, 0) is 4.74 Å². The molecule has 2 aromatic carbocycles.